The van der Waals surface area contributed by atoms with Gasteiger partial charge in [-0.1, -0.05) is 18.2 Å². The van der Waals surface area contributed by atoms with Gasteiger partial charge in [0.25, 0.3) is 0 Å². The molecule has 3 aromatic rings. The number of amides is 2. The molecule has 2 heterocycles. The monoisotopic (exact) mass is 463 g/mol. The molecular formula is C25H29N5O4. The number of carbonyl (C=O) groups is 2. The molecule has 4 N–H and O–H groups in total. The number of carboxylic acid groups (broad SMARTS) is 1. The molecule has 0 radical (unpaired) electrons. The van der Waals surface area contributed by atoms with Crippen molar-refractivity contribution in [3.63, 3.8) is 0 Å². The maximum Gasteiger partial charge on any atom is 0.411 e. The topological polar surface area (TPSA) is 120 Å². The molecule has 1 atom stereocenters. The smallest absolute Gasteiger partial charge is 0.411 e. The van der Waals surface area contributed by atoms with Crippen molar-refractivity contribution in [1.29, 1.82) is 0 Å². The summed E-state index contributed by atoms with van der Waals surface area (Å²) in [7, 11) is 2.11. The van der Waals surface area contributed by atoms with Gasteiger partial charge < -0.3 is 14.7 Å². The van der Waals surface area contributed by atoms with Crippen LogP contribution in [0.15, 0.2) is 36.4 Å². The van der Waals surface area contributed by atoms with E-state index in [2.05, 4.69) is 32.8 Å². The summed E-state index contributed by atoms with van der Waals surface area (Å²) in [6.45, 7) is 3.33. The van der Waals surface area contributed by atoms with Crippen molar-refractivity contribution in [2.24, 2.45) is 0 Å². The van der Waals surface area contributed by atoms with Gasteiger partial charge in [0.1, 0.15) is 0 Å². The van der Waals surface area contributed by atoms with Crippen LogP contribution in [-0.4, -0.2) is 58.6 Å². The van der Waals surface area contributed by atoms with Crippen LogP contribution in [0, 0.1) is 6.92 Å². The Hall–Kier alpha value is -3.85. The molecule has 9 heteroatoms. The normalized spacial score (nSPS) is 16.2. The lowest BCUT2D eigenvalue weighted by Crippen LogP contribution is -2.27. The molecule has 1 fully saturated rings. The number of carbonyl (C=O) groups excluding carboxylic acids is 1. The molecule has 0 saturated carbocycles. The maximum absolute atomic E-state index is 12.2. The van der Waals surface area contributed by atoms with Gasteiger partial charge >= 0.3 is 12.2 Å². The van der Waals surface area contributed by atoms with Crippen molar-refractivity contribution >= 4 is 46.6 Å². The number of aromatic amines is 1. The first-order valence-electron chi connectivity index (χ1n) is 11.3. The van der Waals surface area contributed by atoms with Gasteiger partial charge in [0.05, 0.1) is 17.8 Å². The van der Waals surface area contributed by atoms with E-state index in [-0.39, 0.29) is 0 Å². The van der Waals surface area contributed by atoms with Crippen molar-refractivity contribution in [1.82, 2.24) is 15.1 Å². The molecule has 1 aliphatic heterocycles. The number of hydrogen-bond donors (Lipinski definition) is 4. The first-order chi connectivity index (χ1) is 16.4. The van der Waals surface area contributed by atoms with Crippen LogP contribution in [0.1, 0.15) is 36.1 Å². The Labute approximate surface area is 197 Å². The SMILES string of the molecule is Cc1cc2[nH]nc(C=Cc3cccc(NC(=O)OCCC4CCCN4C)c3)c2cc1NC(=O)O. The van der Waals surface area contributed by atoms with Crippen LogP contribution in [0.25, 0.3) is 23.1 Å². The summed E-state index contributed by atoms with van der Waals surface area (Å²) in [5.74, 6) is 0. The third-order valence-corrected chi connectivity index (χ3v) is 6.10. The molecule has 9 nitrogen and oxygen atoms in total. The highest BCUT2D eigenvalue weighted by Gasteiger charge is 2.20. The second-order valence-electron chi connectivity index (χ2n) is 8.54. The first-order valence-corrected chi connectivity index (χ1v) is 11.3. The average molecular weight is 464 g/mol. The van der Waals surface area contributed by atoms with Gasteiger partial charge in [-0.3, -0.25) is 15.7 Å². The summed E-state index contributed by atoms with van der Waals surface area (Å²) in [5.41, 5.74) is 4.32. The number of benzene rings is 2. The highest BCUT2D eigenvalue weighted by Crippen LogP contribution is 2.26. The Bertz CT molecular complexity index is 1220. The number of nitrogens with zero attached hydrogens (tertiary/aromatic N) is 2. The van der Waals surface area contributed by atoms with Crippen molar-refractivity contribution in [3.8, 4) is 0 Å². The van der Waals surface area contributed by atoms with E-state index in [0.717, 1.165) is 41.4 Å². The average Bonchev–Trinajstić information content (AvgIpc) is 3.38. The van der Waals surface area contributed by atoms with Crippen LogP contribution in [0.3, 0.4) is 0 Å². The Morgan fingerprint density at radius 1 is 1.26 bits per heavy atom. The molecule has 4 rings (SSSR count). The molecular weight excluding hydrogens is 434 g/mol. The van der Waals surface area contributed by atoms with Gasteiger partial charge in [0, 0.05) is 22.8 Å². The zero-order chi connectivity index (χ0) is 24.1. The van der Waals surface area contributed by atoms with Gasteiger partial charge in [-0.05, 0) is 81.2 Å². The summed E-state index contributed by atoms with van der Waals surface area (Å²) in [6.07, 6.45) is 5.33. The van der Waals surface area contributed by atoms with E-state index in [0.29, 0.717) is 29.7 Å². The Morgan fingerprint density at radius 2 is 2.12 bits per heavy atom. The lowest BCUT2D eigenvalue weighted by molar-refractivity contribution is 0.147. The van der Waals surface area contributed by atoms with Crippen LogP contribution in [0.2, 0.25) is 0 Å². The van der Waals surface area contributed by atoms with Crippen LogP contribution in [0.5, 0.6) is 0 Å². The highest BCUT2D eigenvalue weighted by molar-refractivity contribution is 5.95. The van der Waals surface area contributed by atoms with E-state index < -0.39 is 12.2 Å². The summed E-state index contributed by atoms with van der Waals surface area (Å²) < 4.78 is 5.35. The van der Waals surface area contributed by atoms with Crippen LogP contribution in [-0.2, 0) is 4.74 Å². The van der Waals surface area contributed by atoms with E-state index >= 15 is 0 Å². The number of anilines is 2. The van der Waals surface area contributed by atoms with Crippen LogP contribution in [0.4, 0.5) is 21.0 Å². The fourth-order valence-corrected chi connectivity index (χ4v) is 4.25. The molecule has 178 valence electrons. The molecule has 0 bridgehead atoms. The lowest BCUT2D eigenvalue weighted by Gasteiger charge is -2.18. The Balaban J connectivity index is 1.39. The van der Waals surface area contributed by atoms with Crippen LogP contribution >= 0.6 is 0 Å². The number of fused-ring (bicyclic) bond motifs is 1. The number of aryl methyl sites for hydroxylation is 1. The fourth-order valence-electron chi connectivity index (χ4n) is 4.25. The molecule has 2 aromatic carbocycles. The summed E-state index contributed by atoms with van der Waals surface area (Å²) >= 11 is 0. The molecule has 1 aromatic heterocycles. The van der Waals surface area contributed by atoms with Gasteiger partial charge in [-0.15, -0.1) is 0 Å². The lowest BCUT2D eigenvalue weighted by atomic mass is 10.1. The first kappa shape index (κ1) is 23.3. The zero-order valence-corrected chi connectivity index (χ0v) is 19.3. The molecule has 2 amide bonds. The molecule has 0 aliphatic carbocycles. The van der Waals surface area contributed by atoms with E-state index in [1.54, 1.807) is 12.1 Å². The van der Waals surface area contributed by atoms with Gasteiger partial charge in [-0.2, -0.15) is 5.10 Å². The number of rotatable bonds is 7. The van der Waals surface area contributed by atoms with E-state index in [1.165, 1.54) is 6.42 Å². The van der Waals surface area contributed by atoms with E-state index in [9.17, 15) is 9.59 Å². The van der Waals surface area contributed by atoms with Gasteiger partial charge in [0.15, 0.2) is 0 Å². The van der Waals surface area contributed by atoms with Crippen molar-refractivity contribution in [2.75, 3.05) is 30.8 Å². The van der Waals surface area contributed by atoms with E-state index in [4.69, 9.17) is 9.84 Å². The van der Waals surface area contributed by atoms with Gasteiger partial charge in [0.2, 0.25) is 0 Å². The summed E-state index contributed by atoms with van der Waals surface area (Å²) in [4.78, 5) is 25.5. The fraction of sp³-hybridized carbons (Fsp3) is 0.320. The molecule has 1 aliphatic rings. The second-order valence-corrected chi connectivity index (χ2v) is 8.54. The minimum Gasteiger partial charge on any atom is -0.465 e. The maximum atomic E-state index is 12.2. The Morgan fingerprint density at radius 3 is 2.88 bits per heavy atom. The number of hydrogen-bond acceptors (Lipinski definition) is 5. The minimum absolute atomic E-state index is 0.394. The van der Waals surface area contributed by atoms with Crippen molar-refractivity contribution in [3.05, 3.63) is 53.2 Å². The Kier molecular flexibility index (Phi) is 7.12. The molecule has 0 spiro atoms. The van der Waals surface area contributed by atoms with Crippen LogP contribution < -0.4 is 10.6 Å². The quantitative estimate of drug-likeness (QED) is 0.384. The largest absolute Gasteiger partial charge is 0.465 e. The molecule has 1 saturated heterocycles. The van der Waals surface area contributed by atoms with Crippen molar-refractivity contribution < 1.29 is 19.4 Å². The van der Waals surface area contributed by atoms with Crippen molar-refractivity contribution in [2.45, 2.75) is 32.2 Å². The second kappa shape index (κ2) is 10.4. The zero-order valence-electron chi connectivity index (χ0n) is 19.3. The standard InChI is InChI=1S/C25H29N5O4/c1-16-13-23-20(15-22(16)27-24(31)32)21(28-29-23)9-8-17-5-3-6-18(14-17)26-25(33)34-12-10-19-7-4-11-30(19)2/h3,5-6,8-9,13-15,19,27H,4,7,10-12H2,1-2H3,(H,26,33)(H,28,29)(H,31,32). The molecule has 1 unspecified atom stereocenters. The van der Waals surface area contributed by atoms with Gasteiger partial charge in [-0.25, -0.2) is 9.59 Å². The third-order valence-electron chi connectivity index (χ3n) is 6.10. The number of nitrogens with one attached hydrogen (secondary N) is 3. The summed E-state index contributed by atoms with van der Waals surface area (Å²) in [5, 5.41) is 22.3. The highest BCUT2D eigenvalue weighted by atomic mass is 16.5. The number of aromatic nitrogens is 2. The predicted molar refractivity (Wildman–Crippen MR) is 133 cm³/mol. The number of ether oxygens (including phenoxy) is 1. The third kappa shape index (κ3) is 5.74. The summed E-state index contributed by atoms with van der Waals surface area (Å²) in [6, 6.07) is 11.5. The van der Waals surface area contributed by atoms with E-state index in [1.807, 2.05) is 43.3 Å². The molecule has 34 heavy (non-hydrogen) atoms. The number of likely N-dealkylation sites (tertiary alicyclic amines) is 1. The number of H-pyrrole nitrogens is 1. The minimum atomic E-state index is -1.11. The predicted octanol–water partition coefficient (Wildman–Crippen LogP) is 5.16.